The molecule has 2 aliphatic heterocycles. The number of carbonyl (C=O) groups excluding carboxylic acids is 2. The number of urea groups is 1. The monoisotopic (exact) mass is 359 g/mol. The summed E-state index contributed by atoms with van der Waals surface area (Å²) in [5.74, 6) is 0.308. The van der Waals surface area contributed by atoms with Crippen molar-refractivity contribution in [1.82, 2.24) is 15.5 Å². The predicted octanol–water partition coefficient (Wildman–Crippen LogP) is 1.96. The molecule has 1 aromatic carbocycles. The fourth-order valence-corrected chi connectivity index (χ4v) is 3.40. The highest BCUT2D eigenvalue weighted by Gasteiger charge is 2.34. The third-order valence-electron chi connectivity index (χ3n) is 4.68. The Bertz CT molecular complexity index is 693. The van der Waals surface area contributed by atoms with Gasteiger partial charge in [-0.2, -0.15) is 0 Å². The van der Waals surface area contributed by atoms with Crippen LogP contribution < -0.4 is 15.4 Å². The topological polar surface area (TPSA) is 79.9 Å². The van der Waals surface area contributed by atoms with Crippen LogP contribution in [0.1, 0.15) is 31.4 Å². The van der Waals surface area contributed by atoms with Gasteiger partial charge >= 0.3 is 12.0 Å². The molecule has 1 fully saturated rings. The predicted molar refractivity (Wildman–Crippen MR) is 96.7 cm³/mol. The van der Waals surface area contributed by atoms with E-state index in [9.17, 15) is 9.59 Å². The zero-order chi connectivity index (χ0) is 18.5. The highest BCUT2D eigenvalue weighted by Crippen LogP contribution is 2.29. The van der Waals surface area contributed by atoms with Gasteiger partial charge < -0.3 is 20.1 Å². The molecule has 2 N–H and O–H groups in total. The number of rotatable bonds is 6. The molecule has 0 radical (unpaired) electrons. The maximum atomic E-state index is 12.7. The summed E-state index contributed by atoms with van der Waals surface area (Å²) in [4.78, 5) is 27.2. The Labute approximate surface area is 153 Å². The highest BCUT2D eigenvalue weighted by atomic mass is 16.5. The van der Waals surface area contributed by atoms with Gasteiger partial charge in [0.15, 0.2) is 0 Å². The minimum atomic E-state index is -0.550. The number of esters is 1. The Morgan fingerprint density at radius 3 is 2.54 bits per heavy atom. The minimum Gasteiger partial charge on any atom is -0.497 e. The van der Waals surface area contributed by atoms with Crippen molar-refractivity contribution in [2.45, 2.75) is 25.8 Å². The maximum Gasteiger partial charge on any atom is 0.338 e. The summed E-state index contributed by atoms with van der Waals surface area (Å²) in [7, 11) is 1.60. The molecule has 2 aliphatic rings. The van der Waals surface area contributed by atoms with Crippen LogP contribution in [0.5, 0.6) is 5.75 Å². The standard InChI is InChI=1S/C19H25N3O4/c1-3-26-18(23)16-15(12-22-10-4-5-11-22)20-19(24)21-17(16)13-6-8-14(25-2)9-7-13/h6-9,17H,3-5,10-12H2,1-2H3,(H2,20,21,24)/t17-/m0/s1. The first-order valence-corrected chi connectivity index (χ1v) is 8.96. The van der Waals surface area contributed by atoms with Crippen molar-refractivity contribution in [3.05, 3.63) is 41.1 Å². The van der Waals surface area contributed by atoms with Gasteiger partial charge in [-0.15, -0.1) is 0 Å². The van der Waals surface area contributed by atoms with Crippen LogP contribution >= 0.6 is 0 Å². The van der Waals surface area contributed by atoms with Crippen molar-refractivity contribution in [3.63, 3.8) is 0 Å². The lowest BCUT2D eigenvalue weighted by Crippen LogP contribution is -2.48. The molecular formula is C19H25N3O4. The summed E-state index contributed by atoms with van der Waals surface area (Å²) in [6, 6.07) is 6.46. The molecule has 1 atom stereocenters. The molecule has 140 valence electrons. The summed E-state index contributed by atoms with van der Waals surface area (Å²) < 4.78 is 10.5. The number of benzene rings is 1. The van der Waals surface area contributed by atoms with E-state index in [1.165, 1.54) is 0 Å². The second-order valence-electron chi connectivity index (χ2n) is 6.40. The molecule has 1 aromatic rings. The summed E-state index contributed by atoms with van der Waals surface area (Å²) in [6.45, 7) is 4.53. The van der Waals surface area contributed by atoms with Gasteiger partial charge in [0, 0.05) is 12.2 Å². The van der Waals surface area contributed by atoms with Crippen molar-refractivity contribution >= 4 is 12.0 Å². The Balaban J connectivity index is 1.97. The van der Waals surface area contributed by atoms with E-state index < -0.39 is 12.0 Å². The molecule has 7 heteroatoms. The van der Waals surface area contributed by atoms with Gasteiger partial charge in [0.2, 0.25) is 0 Å². The third-order valence-corrected chi connectivity index (χ3v) is 4.68. The molecule has 0 aliphatic carbocycles. The molecule has 3 rings (SSSR count). The zero-order valence-electron chi connectivity index (χ0n) is 15.2. The average molecular weight is 359 g/mol. The Hall–Kier alpha value is -2.54. The average Bonchev–Trinajstić information content (AvgIpc) is 3.14. The molecule has 0 aromatic heterocycles. The van der Waals surface area contributed by atoms with E-state index in [1.54, 1.807) is 14.0 Å². The quantitative estimate of drug-likeness (QED) is 0.759. The number of nitrogens with one attached hydrogen (secondary N) is 2. The van der Waals surface area contributed by atoms with Crippen LogP contribution in [0.4, 0.5) is 4.79 Å². The maximum absolute atomic E-state index is 12.7. The second kappa shape index (κ2) is 8.23. The van der Waals surface area contributed by atoms with Gasteiger partial charge in [0.1, 0.15) is 5.75 Å². The molecule has 1 saturated heterocycles. The molecule has 0 spiro atoms. The first kappa shape index (κ1) is 18.3. The van der Waals surface area contributed by atoms with Gasteiger partial charge in [-0.1, -0.05) is 12.1 Å². The van der Waals surface area contributed by atoms with Crippen LogP contribution in [0.25, 0.3) is 0 Å². The summed E-state index contributed by atoms with van der Waals surface area (Å²) >= 11 is 0. The van der Waals surface area contributed by atoms with Gasteiger partial charge in [0.25, 0.3) is 0 Å². The number of nitrogens with zero attached hydrogens (tertiary/aromatic N) is 1. The number of hydrogen-bond acceptors (Lipinski definition) is 5. The second-order valence-corrected chi connectivity index (χ2v) is 6.40. The van der Waals surface area contributed by atoms with Crippen LogP contribution in [0, 0.1) is 0 Å². The van der Waals surface area contributed by atoms with Gasteiger partial charge in [-0.25, -0.2) is 9.59 Å². The van der Waals surface area contributed by atoms with Crippen molar-refractivity contribution < 1.29 is 19.1 Å². The number of methoxy groups -OCH3 is 1. The van der Waals surface area contributed by atoms with Crippen LogP contribution in [0.3, 0.4) is 0 Å². The summed E-state index contributed by atoms with van der Waals surface area (Å²) in [5, 5.41) is 5.66. The smallest absolute Gasteiger partial charge is 0.338 e. The van der Waals surface area contributed by atoms with Crippen LogP contribution in [0.15, 0.2) is 35.5 Å². The molecule has 26 heavy (non-hydrogen) atoms. The van der Waals surface area contributed by atoms with Crippen molar-refractivity contribution in [2.75, 3.05) is 33.4 Å². The van der Waals surface area contributed by atoms with Crippen LogP contribution in [0.2, 0.25) is 0 Å². The Morgan fingerprint density at radius 1 is 1.23 bits per heavy atom. The normalized spacial score (nSPS) is 20.5. The van der Waals surface area contributed by atoms with Gasteiger partial charge in [-0.3, -0.25) is 4.90 Å². The van der Waals surface area contributed by atoms with Crippen LogP contribution in [-0.2, 0) is 9.53 Å². The zero-order valence-corrected chi connectivity index (χ0v) is 15.2. The lowest BCUT2D eigenvalue weighted by atomic mass is 9.95. The number of amides is 2. The number of ether oxygens (including phenoxy) is 2. The van der Waals surface area contributed by atoms with Crippen LogP contribution in [-0.4, -0.2) is 50.3 Å². The fraction of sp³-hybridized carbons (Fsp3) is 0.474. The van der Waals surface area contributed by atoms with E-state index in [2.05, 4.69) is 15.5 Å². The van der Waals surface area contributed by atoms with Crippen molar-refractivity contribution in [1.29, 1.82) is 0 Å². The summed E-state index contributed by atoms with van der Waals surface area (Å²) in [6.07, 6.45) is 2.27. The molecule has 2 heterocycles. The van der Waals surface area contributed by atoms with E-state index >= 15 is 0 Å². The molecule has 0 bridgehead atoms. The lowest BCUT2D eigenvalue weighted by molar-refractivity contribution is -0.139. The fourth-order valence-electron chi connectivity index (χ4n) is 3.40. The summed E-state index contributed by atoms with van der Waals surface area (Å²) in [5.41, 5.74) is 1.89. The number of likely N-dealkylation sites (tertiary alicyclic amines) is 1. The largest absolute Gasteiger partial charge is 0.497 e. The highest BCUT2D eigenvalue weighted by molar-refractivity contribution is 5.95. The molecule has 0 saturated carbocycles. The molecule has 7 nitrogen and oxygen atoms in total. The van der Waals surface area contributed by atoms with E-state index in [-0.39, 0.29) is 12.6 Å². The number of carbonyl (C=O) groups is 2. The number of hydrogen-bond donors (Lipinski definition) is 2. The van der Waals surface area contributed by atoms with Crippen molar-refractivity contribution in [3.8, 4) is 5.75 Å². The SMILES string of the molecule is CCOC(=O)C1=C(CN2CCCC2)NC(=O)N[C@H]1c1ccc(OC)cc1. The van der Waals surface area contributed by atoms with E-state index in [4.69, 9.17) is 9.47 Å². The Morgan fingerprint density at radius 2 is 1.92 bits per heavy atom. The van der Waals surface area contributed by atoms with Crippen molar-refractivity contribution in [2.24, 2.45) is 0 Å². The van der Waals surface area contributed by atoms with Gasteiger partial charge in [-0.05, 0) is 50.6 Å². The lowest BCUT2D eigenvalue weighted by Gasteiger charge is -2.31. The first-order valence-electron chi connectivity index (χ1n) is 8.96. The Kier molecular flexibility index (Phi) is 5.78. The molecule has 2 amide bonds. The van der Waals surface area contributed by atoms with E-state index in [0.717, 1.165) is 31.5 Å². The third kappa shape index (κ3) is 3.99. The van der Waals surface area contributed by atoms with Gasteiger partial charge in [0.05, 0.1) is 25.3 Å². The van der Waals surface area contributed by atoms with E-state index in [1.807, 2.05) is 24.3 Å². The molecular weight excluding hydrogens is 334 g/mol. The van der Waals surface area contributed by atoms with E-state index in [0.29, 0.717) is 23.6 Å². The molecule has 0 unspecified atom stereocenters. The first-order chi connectivity index (χ1) is 12.6. The minimum absolute atomic E-state index is 0.280.